The highest BCUT2D eigenvalue weighted by Gasteiger charge is 2.07. The first-order chi connectivity index (χ1) is 9.56. The van der Waals surface area contributed by atoms with Gasteiger partial charge in [0, 0.05) is 12.5 Å². The van der Waals surface area contributed by atoms with Crippen LogP contribution in [0.15, 0.2) is 42.5 Å². The van der Waals surface area contributed by atoms with Gasteiger partial charge in [-0.15, -0.1) is 0 Å². The molecule has 20 heavy (non-hydrogen) atoms. The monoisotopic (exact) mass is 266 g/mol. The lowest BCUT2D eigenvalue weighted by Crippen LogP contribution is -2.07. The molecule has 2 aromatic carbocycles. The molecule has 0 aliphatic heterocycles. The molecule has 0 amide bonds. The fraction of sp³-hybridized carbons (Fsp3) is 0.188. The number of hydrogen-bond acceptors (Lipinski definition) is 3. The molecule has 0 N–H and O–H groups in total. The molecular formula is C16H15BO3. The Labute approximate surface area is 119 Å². The highest BCUT2D eigenvalue weighted by atomic mass is 16.5. The molecule has 0 heterocycles. The average molecular weight is 266 g/mol. The number of para-hydroxylation sites is 1. The summed E-state index contributed by atoms with van der Waals surface area (Å²) in [4.78, 5) is 11.1. The summed E-state index contributed by atoms with van der Waals surface area (Å²) in [5.41, 5.74) is 2.49. The van der Waals surface area contributed by atoms with Gasteiger partial charge in [0.1, 0.15) is 26.0 Å². The zero-order valence-electron chi connectivity index (χ0n) is 11.6. The number of ether oxygens (including phenoxy) is 2. The molecule has 2 rings (SSSR count). The van der Waals surface area contributed by atoms with Gasteiger partial charge in [0.2, 0.25) is 0 Å². The van der Waals surface area contributed by atoms with Crippen LogP contribution < -0.4 is 14.9 Å². The molecule has 0 atom stereocenters. The third kappa shape index (κ3) is 3.64. The third-order valence-electron chi connectivity index (χ3n) is 2.81. The maximum absolute atomic E-state index is 11.1. The highest BCUT2D eigenvalue weighted by molar-refractivity contribution is 6.32. The molecule has 0 unspecified atom stereocenters. The van der Waals surface area contributed by atoms with Crippen molar-refractivity contribution in [2.75, 3.05) is 0 Å². The predicted octanol–water partition coefficient (Wildman–Crippen LogP) is 2.29. The van der Waals surface area contributed by atoms with Gasteiger partial charge < -0.3 is 9.47 Å². The van der Waals surface area contributed by atoms with Gasteiger partial charge in [-0.1, -0.05) is 35.8 Å². The van der Waals surface area contributed by atoms with Crippen LogP contribution in [0.2, 0.25) is 0 Å². The number of aryl methyl sites for hydroxylation is 1. The summed E-state index contributed by atoms with van der Waals surface area (Å²) in [7, 11) is 5.70. The van der Waals surface area contributed by atoms with Crippen molar-refractivity contribution in [2.24, 2.45) is 0 Å². The second-order valence-corrected chi connectivity index (χ2v) is 4.51. The number of hydrogen-bond donors (Lipinski definition) is 0. The Morgan fingerprint density at radius 1 is 1.15 bits per heavy atom. The quantitative estimate of drug-likeness (QED) is 0.484. The summed E-state index contributed by atoms with van der Waals surface area (Å²) >= 11 is 0. The van der Waals surface area contributed by atoms with Crippen LogP contribution in [-0.4, -0.2) is 13.8 Å². The van der Waals surface area contributed by atoms with Gasteiger partial charge in [-0.2, -0.15) is 0 Å². The summed E-state index contributed by atoms with van der Waals surface area (Å²) in [5, 5.41) is 0. The zero-order valence-corrected chi connectivity index (χ0v) is 11.6. The molecular weight excluding hydrogens is 251 g/mol. The lowest BCUT2D eigenvalue weighted by atomic mass is 9.94. The molecule has 0 aliphatic carbocycles. The first-order valence-corrected chi connectivity index (χ1v) is 6.31. The Bertz CT molecular complexity index is 623. The van der Waals surface area contributed by atoms with Crippen LogP contribution in [0.5, 0.6) is 11.5 Å². The molecule has 0 fully saturated rings. The lowest BCUT2D eigenvalue weighted by molar-refractivity contribution is -0.131. The van der Waals surface area contributed by atoms with Crippen molar-refractivity contribution < 1.29 is 14.3 Å². The van der Waals surface area contributed by atoms with E-state index in [4.69, 9.17) is 17.3 Å². The Morgan fingerprint density at radius 3 is 2.60 bits per heavy atom. The number of carbonyl (C=O) groups is 1. The van der Waals surface area contributed by atoms with Crippen LogP contribution >= 0.6 is 0 Å². The largest absolute Gasteiger partial charge is 0.488 e. The van der Waals surface area contributed by atoms with Crippen LogP contribution in [-0.2, 0) is 11.4 Å². The second-order valence-electron chi connectivity index (χ2n) is 4.51. The smallest absolute Gasteiger partial charge is 0.308 e. The standard InChI is InChI=1S/C16H15BO3/c1-11-9-14(17)7-8-15(11)19-10-13-5-3-4-6-16(13)20-12(2)18/h3-9H,10H2,1-2H3. The molecule has 0 spiro atoms. The van der Waals surface area contributed by atoms with Crippen molar-refractivity contribution in [1.82, 2.24) is 0 Å². The van der Waals surface area contributed by atoms with E-state index in [1.54, 1.807) is 12.1 Å². The minimum absolute atomic E-state index is 0.328. The predicted molar refractivity (Wildman–Crippen MR) is 78.7 cm³/mol. The molecule has 4 heteroatoms. The Hall–Kier alpha value is -2.23. The van der Waals surface area contributed by atoms with Gasteiger partial charge in [-0.25, -0.2) is 0 Å². The summed E-state index contributed by atoms with van der Waals surface area (Å²) < 4.78 is 10.9. The van der Waals surface area contributed by atoms with Crippen LogP contribution in [0.3, 0.4) is 0 Å². The SMILES string of the molecule is [B]c1ccc(OCc2ccccc2OC(C)=O)c(C)c1. The van der Waals surface area contributed by atoms with Crippen molar-refractivity contribution >= 4 is 19.3 Å². The Morgan fingerprint density at radius 2 is 1.90 bits per heavy atom. The van der Waals surface area contributed by atoms with Crippen molar-refractivity contribution in [3.05, 3.63) is 53.6 Å². The topological polar surface area (TPSA) is 35.5 Å². The van der Waals surface area contributed by atoms with Crippen molar-refractivity contribution in [3.8, 4) is 11.5 Å². The van der Waals surface area contributed by atoms with E-state index in [-0.39, 0.29) is 5.97 Å². The minimum atomic E-state index is -0.346. The number of esters is 1. The normalized spacial score (nSPS) is 10.1. The Balaban J connectivity index is 2.12. The summed E-state index contributed by atoms with van der Waals surface area (Å²) in [6, 6.07) is 12.8. The Kier molecular flexibility index (Phi) is 4.46. The molecule has 100 valence electrons. The molecule has 0 bridgehead atoms. The lowest BCUT2D eigenvalue weighted by Gasteiger charge is -2.12. The maximum Gasteiger partial charge on any atom is 0.308 e. The summed E-state index contributed by atoms with van der Waals surface area (Å²) in [6.45, 7) is 3.64. The van der Waals surface area contributed by atoms with E-state index in [0.717, 1.165) is 16.9 Å². The summed E-state index contributed by atoms with van der Waals surface area (Å²) in [5.74, 6) is 0.936. The molecule has 2 aromatic rings. The minimum Gasteiger partial charge on any atom is -0.488 e. The van der Waals surface area contributed by atoms with Gasteiger partial charge in [-0.05, 0) is 24.6 Å². The molecule has 2 radical (unpaired) electrons. The van der Waals surface area contributed by atoms with Crippen molar-refractivity contribution in [3.63, 3.8) is 0 Å². The first-order valence-electron chi connectivity index (χ1n) is 6.31. The molecule has 3 nitrogen and oxygen atoms in total. The number of rotatable bonds is 4. The van der Waals surface area contributed by atoms with E-state index >= 15 is 0 Å². The van der Waals surface area contributed by atoms with Crippen molar-refractivity contribution in [1.29, 1.82) is 0 Å². The van der Waals surface area contributed by atoms with Crippen molar-refractivity contribution in [2.45, 2.75) is 20.5 Å². The summed E-state index contributed by atoms with van der Waals surface area (Å²) in [6.07, 6.45) is 0. The van der Waals surface area contributed by atoms with Gasteiger partial charge in [0.05, 0.1) is 0 Å². The van der Waals surface area contributed by atoms with Crippen LogP contribution in [0.25, 0.3) is 0 Å². The molecule has 0 saturated carbocycles. The van der Waals surface area contributed by atoms with E-state index < -0.39 is 0 Å². The fourth-order valence-electron chi connectivity index (χ4n) is 1.87. The van der Waals surface area contributed by atoms with E-state index in [0.29, 0.717) is 17.8 Å². The van der Waals surface area contributed by atoms with Gasteiger partial charge >= 0.3 is 5.97 Å². The first kappa shape index (κ1) is 14.2. The van der Waals surface area contributed by atoms with E-state index in [1.807, 2.05) is 37.3 Å². The van der Waals surface area contributed by atoms with Gasteiger partial charge in [-0.3, -0.25) is 4.79 Å². The number of benzene rings is 2. The van der Waals surface area contributed by atoms with Gasteiger partial charge in [0.15, 0.2) is 0 Å². The number of carbonyl (C=O) groups excluding carboxylic acids is 1. The molecule has 0 aliphatic rings. The zero-order chi connectivity index (χ0) is 14.5. The van der Waals surface area contributed by atoms with E-state index in [1.165, 1.54) is 6.92 Å². The fourth-order valence-corrected chi connectivity index (χ4v) is 1.87. The van der Waals surface area contributed by atoms with Crippen LogP contribution in [0.4, 0.5) is 0 Å². The molecule has 0 aromatic heterocycles. The second kappa shape index (κ2) is 6.28. The van der Waals surface area contributed by atoms with Crippen LogP contribution in [0.1, 0.15) is 18.1 Å². The average Bonchev–Trinajstić information content (AvgIpc) is 2.39. The third-order valence-corrected chi connectivity index (χ3v) is 2.81. The van der Waals surface area contributed by atoms with Crippen LogP contribution in [0, 0.1) is 6.92 Å². The highest BCUT2D eigenvalue weighted by Crippen LogP contribution is 2.22. The maximum atomic E-state index is 11.1. The van der Waals surface area contributed by atoms with E-state index in [9.17, 15) is 4.79 Å². The molecule has 0 saturated heterocycles. The van der Waals surface area contributed by atoms with Gasteiger partial charge in [0.25, 0.3) is 0 Å². The van der Waals surface area contributed by atoms with E-state index in [2.05, 4.69) is 0 Å².